The van der Waals surface area contributed by atoms with Crippen molar-refractivity contribution in [1.29, 1.82) is 0 Å². The summed E-state index contributed by atoms with van der Waals surface area (Å²) in [6, 6.07) is 0. The Labute approximate surface area is 537 Å². The van der Waals surface area contributed by atoms with Crippen LogP contribution in [0.4, 0.5) is 0 Å². The second-order valence-corrected chi connectivity index (χ2v) is 26.7. The van der Waals surface area contributed by atoms with Gasteiger partial charge in [0, 0.05) is 12.8 Å². The van der Waals surface area contributed by atoms with E-state index in [1.165, 1.54) is 173 Å². The van der Waals surface area contributed by atoms with E-state index < -0.39 is 26.5 Å². The highest BCUT2D eigenvalue weighted by Gasteiger charge is 2.27. The molecule has 0 bridgehead atoms. The molecule has 10 heteroatoms. The molecule has 0 aromatic heterocycles. The van der Waals surface area contributed by atoms with Crippen LogP contribution in [0.5, 0.6) is 0 Å². The van der Waals surface area contributed by atoms with Crippen molar-refractivity contribution in [3.05, 3.63) is 109 Å². The minimum absolute atomic E-state index is 0.0236. The predicted molar refractivity (Wildman–Crippen MR) is 376 cm³/mol. The van der Waals surface area contributed by atoms with Crippen LogP contribution in [-0.4, -0.2) is 74.9 Å². The molecule has 0 heterocycles. The first kappa shape index (κ1) is 83.7. The Morgan fingerprint density at radius 3 is 0.977 bits per heavy atom. The van der Waals surface area contributed by atoms with Gasteiger partial charge in [-0.05, 0) is 83.5 Å². The first-order valence-corrected chi connectivity index (χ1v) is 37.6. The van der Waals surface area contributed by atoms with Gasteiger partial charge in [-0.15, -0.1) is 0 Å². The third-order valence-corrected chi connectivity index (χ3v) is 16.6. The van der Waals surface area contributed by atoms with Crippen molar-refractivity contribution in [3.63, 3.8) is 0 Å². The Bertz CT molecular complexity index is 1840. The number of phosphoric acid groups is 1. The molecule has 0 rings (SSSR count). The fourth-order valence-electron chi connectivity index (χ4n) is 10.1. The van der Waals surface area contributed by atoms with E-state index in [1.807, 2.05) is 21.1 Å². The lowest BCUT2D eigenvalue weighted by Gasteiger charge is -2.24. The van der Waals surface area contributed by atoms with E-state index in [9.17, 15) is 19.0 Å². The predicted octanol–water partition coefficient (Wildman–Crippen LogP) is 23.7. The largest absolute Gasteiger partial charge is 0.472 e. The molecule has 0 aliphatic carbocycles. The maximum absolute atomic E-state index is 12.9. The maximum Gasteiger partial charge on any atom is 0.472 e. The van der Waals surface area contributed by atoms with Gasteiger partial charge in [-0.1, -0.05) is 329 Å². The Morgan fingerprint density at radius 1 is 0.368 bits per heavy atom. The van der Waals surface area contributed by atoms with Crippen LogP contribution in [0.15, 0.2) is 109 Å². The molecule has 1 N–H and O–H groups in total. The van der Waals surface area contributed by atoms with Gasteiger partial charge in [0.05, 0.1) is 27.7 Å². The lowest BCUT2D eigenvalue weighted by Crippen LogP contribution is -2.37. The van der Waals surface area contributed by atoms with Gasteiger partial charge in [-0.25, -0.2) is 4.57 Å². The molecule has 0 aliphatic heterocycles. The minimum Gasteiger partial charge on any atom is -0.462 e. The van der Waals surface area contributed by atoms with Crippen molar-refractivity contribution in [3.8, 4) is 0 Å². The van der Waals surface area contributed by atoms with Crippen molar-refractivity contribution in [2.75, 3.05) is 47.5 Å². The first-order chi connectivity index (χ1) is 42.5. The summed E-state index contributed by atoms with van der Waals surface area (Å²) in [7, 11) is 1.46. The summed E-state index contributed by atoms with van der Waals surface area (Å²) >= 11 is 0. The maximum atomic E-state index is 12.9. The van der Waals surface area contributed by atoms with E-state index in [0.717, 1.165) is 109 Å². The number of unbranched alkanes of at least 4 members (excludes halogenated alkanes) is 34. The fourth-order valence-corrected chi connectivity index (χ4v) is 10.8. The molecule has 0 aromatic carbocycles. The molecule has 0 radical (unpaired) electrons. The van der Waals surface area contributed by atoms with Crippen molar-refractivity contribution in [2.45, 2.75) is 322 Å². The van der Waals surface area contributed by atoms with Crippen molar-refractivity contribution in [2.24, 2.45) is 0 Å². The molecule has 502 valence electrons. The highest BCUT2D eigenvalue weighted by atomic mass is 31.2. The summed E-state index contributed by atoms with van der Waals surface area (Å²) in [6.45, 7) is 4.33. The van der Waals surface area contributed by atoms with Gasteiger partial charge in [0.2, 0.25) is 0 Å². The monoisotopic (exact) mass is 1240 g/mol. The normalized spacial score (nSPS) is 13.8. The fraction of sp³-hybridized carbons (Fsp3) is 0.740. The molecular formula is C77H137NO8P+. The number of quaternary nitrogens is 1. The standard InChI is InChI=1S/C77H136NO8P/c1-6-8-10-12-14-16-18-20-22-24-26-28-30-32-34-36-38-39-40-42-44-46-48-50-52-54-56-58-60-62-64-66-68-70-77(80)86-75(74-85-87(81,82)84-72-71-78(3,4)5)73-83-76(79)69-67-65-63-61-59-57-55-53-51-49-47-45-43-41-37-35-33-31-29-27-25-23-21-19-17-15-13-11-9-7-2/h8,10,14,16,20,22,26,28,32,34,38-39,42,44,48,50,54,56,75H,6-7,9,11-13,15,17-19,21,23-25,27,29-31,33,35-37,40-41,43,45-47,49,51-53,55,57-74H2,1-5H3/p+1/b10-8-,16-14-,22-20-,28-26-,34-32-,39-38-,44-42-,50-48-,56-54-. The van der Waals surface area contributed by atoms with Crippen LogP contribution < -0.4 is 0 Å². The molecule has 0 amide bonds. The number of likely N-dealkylation sites (N-methyl/N-ethyl adjacent to an activating group) is 1. The van der Waals surface area contributed by atoms with Gasteiger partial charge in [0.15, 0.2) is 6.10 Å². The summed E-state index contributed by atoms with van der Waals surface area (Å²) in [6.07, 6.45) is 94.9. The van der Waals surface area contributed by atoms with Crippen LogP contribution in [0.1, 0.15) is 316 Å². The van der Waals surface area contributed by atoms with Gasteiger partial charge in [0.25, 0.3) is 0 Å². The van der Waals surface area contributed by atoms with Crippen LogP contribution in [0.25, 0.3) is 0 Å². The number of esters is 2. The number of nitrogens with zero attached hydrogens (tertiary/aromatic N) is 1. The number of hydrogen-bond donors (Lipinski definition) is 1. The van der Waals surface area contributed by atoms with E-state index in [0.29, 0.717) is 17.4 Å². The van der Waals surface area contributed by atoms with Crippen LogP contribution in [0.2, 0.25) is 0 Å². The van der Waals surface area contributed by atoms with Crippen LogP contribution in [0.3, 0.4) is 0 Å². The molecule has 9 nitrogen and oxygen atoms in total. The molecule has 0 saturated carbocycles. The van der Waals surface area contributed by atoms with Gasteiger partial charge in [-0.3, -0.25) is 18.6 Å². The lowest BCUT2D eigenvalue weighted by atomic mass is 10.0. The minimum atomic E-state index is -4.40. The zero-order chi connectivity index (χ0) is 63.4. The van der Waals surface area contributed by atoms with Gasteiger partial charge < -0.3 is 18.9 Å². The molecule has 0 aromatic rings. The third kappa shape index (κ3) is 71.6. The van der Waals surface area contributed by atoms with Crippen LogP contribution in [0, 0.1) is 0 Å². The van der Waals surface area contributed by atoms with Crippen molar-refractivity contribution >= 4 is 19.8 Å². The smallest absolute Gasteiger partial charge is 0.462 e. The number of allylic oxidation sites excluding steroid dienone is 18. The Kier molecular flexibility index (Phi) is 64.5. The number of carbonyl (C=O) groups is 2. The van der Waals surface area contributed by atoms with Gasteiger partial charge in [-0.2, -0.15) is 0 Å². The zero-order valence-corrected chi connectivity index (χ0v) is 58.1. The molecule has 2 atom stereocenters. The molecule has 0 spiro atoms. The molecule has 0 fully saturated rings. The van der Waals surface area contributed by atoms with Crippen LogP contribution in [-0.2, 0) is 32.7 Å². The Balaban J connectivity index is 4.10. The molecule has 0 aliphatic rings. The van der Waals surface area contributed by atoms with E-state index in [1.54, 1.807) is 0 Å². The number of carbonyl (C=O) groups excluding carboxylic acids is 2. The molecule has 87 heavy (non-hydrogen) atoms. The summed E-state index contributed by atoms with van der Waals surface area (Å²) in [5.74, 6) is -0.814. The topological polar surface area (TPSA) is 108 Å². The van der Waals surface area contributed by atoms with E-state index in [4.69, 9.17) is 18.5 Å². The highest BCUT2D eigenvalue weighted by Crippen LogP contribution is 2.43. The number of rotatable bonds is 66. The number of hydrogen-bond acceptors (Lipinski definition) is 7. The second-order valence-electron chi connectivity index (χ2n) is 25.3. The summed E-state index contributed by atoms with van der Waals surface area (Å²) in [4.78, 5) is 35.9. The number of ether oxygens (including phenoxy) is 2. The van der Waals surface area contributed by atoms with Crippen molar-refractivity contribution < 1.29 is 42.1 Å². The van der Waals surface area contributed by atoms with Gasteiger partial charge in [0.1, 0.15) is 19.8 Å². The number of phosphoric ester groups is 1. The SMILES string of the molecule is CC/C=C\C/C=C\C/C=C\C/C=C\C/C=C\C/C=C\C/C=C\C/C=C\C/C=C\CCCCCCCC(=O)OC(COC(=O)CCCCCCCCCCCCCCCCCCCCCCCCCCCCCCCC)COP(=O)(O)OCC[N+](C)(C)C. The Morgan fingerprint density at radius 2 is 0.655 bits per heavy atom. The van der Waals surface area contributed by atoms with Gasteiger partial charge >= 0.3 is 19.8 Å². The molecule has 0 saturated heterocycles. The quantitative estimate of drug-likeness (QED) is 0.0211. The highest BCUT2D eigenvalue weighted by molar-refractivity contribution is 7.47. The third-order valence-electron chi connectivity index (χ3n) is 15.6. The lowest BCUT2D eigenvalue weighted by molar-refractivity contribution is -0.870. The zero-order valence-electron chi connectivity index (χ0n) is 57.2. The van der Waals surface area contributed by atoms with E-state index in [2.05, 4.69) is 123 Å². The average Bonchev–Trinajstić information content (AvgIpc) is 3.50. The average molecular weight is 1240 g/mol. The van der Waals surface area contributed by atoms with E-state index >= 15 is 0 Å². The summed E-state index contributed by atoms with van der Waals surface area (Å²) < 4.78 is 34.7. The second kappa shape index (κ2) is 67.1. The summed E-state index contributed by atoms with van der Waals surface area (Å²) in [5, 5.41) is 0. The molecule has 2 unspecified atom stereocenters. The van der Waals surface area contributed by atoms with Crippen molar-refractivity contribution in [1.82, 2.24) is 0 Å². The Hall–Kier alpha value is -3.33. The first-order valence-electron chi connectivity index (χ1n) is 36.1. The molecular weight excluding hydrogens is 1100 g/mol. The summed E-state index contributed by atoms with van der Waals surface area (Å²) in [5.41, 5.74) is 0. The van der Waals surface area contributed by atoms with Crippen LogP contribution >= 0.6 is 7.82 Å². The van der Waals surface area contributed by atoms with E-state index in [-0.39, 0.29) is 32.0 Å².